The molecule has 2 unspecified atom stereocenters. The third kappa shape index (κ3) is 9.08. The molecule has 36 heavy (non-hydrogen) atoms. The average molecular weight is 629 g/mol. The Balaban J connectivity index is 2.32. The molecule has 2 heterocycles. The fourth-order valence-corrected chi connectivity index (χ4v) is 9.00. The maximum absolute atomic E-state index is 12.4. The second-order valence-electron chi connectivity index (χ2n) is 9.65. The van der Waals surface area contributed by atoms with E-state index in [1.807, 2.05) is 33.9 Å². The third-order valence-electron chi connectivity index (χ3n) is 5.74. The lowest BCUT2D eigenvalue weighted by Gasteiger charge is -2.37. The van der Waals surface area contributed by atoms with E-state index in [0.29, 0.717) is 0 Å². The van der Waals surface area contributed by atoms with Gasteiger partial charge in [-0.1, -0.05) is 20.8 Å². The minimum absolute atomic E-state index is 0.0363. The third-order valence-corrected chi connectivity index (χ3v) is 15.6. The molecule has 20 heteroatoms. The first-order valence-corrected chi connectivity index (χ1v) is 20.1. The summed E-state index contributed by atoms with van der Waals surface area (Å²) in [5, 5.41) is -0.154. The van der Waals surface area contributed by atoms with Gasteiger partial charge in [-0.2, -0.15) is 0 Å². The molecule has 0 amide bonds. The topological polar surface area (TPSA) is 199 Å². The summed E-state index contributed by atoms with van der Waals surface area (Å²) in [6, 6.07) is 0. The Labute approximate surface area is 218 Å². The van der Waals surface area contributed by atoms with Gasteiger partial charge in [0.25, 0.3) is 5.56 Å². The van der Waals surface area contributed by atoms with Crippen LogP contribution in [0.3, 0.4) is 0 Å². The van der Waals surface area contributed by atoms with Crippen molar-refractivity contribution in [2.24, 2.45) is 0 Å². The largest absolute Gasteiger partial charge is 0.486 e. The van der Waals surface area contributed by atoms with Gasteiger partial charge in [0.2, 0.25) is 0 Å². The second kappa shape index (κ2) is 11.3. The summed E-state index contributed by atoms with van der Waals surface area (Å²) < 4.78 is 39.3. The number of aryl methyl sites for hydroxylation is 1. The molecule has 1 aliphatic rings. The van der Waals surface area contributed by atoms with Gasteiger partial charge in [0, 0.05) is 18.2 Å². The normalized spacial score (nSPS) is 24.9. The lowest BCUT2D eigenvalue weighted by atomic mass is 10.2. The van der Waals surface area contributed by atoms with Gasteiger partial charge in [-0.15, -0.1) is 0 Å². The number of nitrogens with one attached hydrogen (secondary N) is 1. The maximum atomic E-state index is 12.4. The van der Waals surface area contributed by atoms with Gasteiger partial charge in [0.15, 0.2) is 8.32 Å². The monoisotopic (exact) mass is 628 g/mol. The Kier molecular flexibility index (Phi) is 10.1. The number of phosphoric acid groups is 1. The molecular weight excluding hydrogens is 597 g/mol. The van der Waals surface area contributed by atoms with Crippen molar-refractivity contribution in [2.45, 2.75) is 70.7 Å². The zero-order chi connectivity index (χ0) is 27.9. The van der Waals surface area contributed by atoms with Crippen LogP contribution in [0.1, 0.15) is 39.0 Å². The first-order chi connectivity index (χ1) is 16.0. The molecule has 0 bridgehead atoms. The molecule has 14 nitrogen and oxygen atoms in total. The molecule has 0 spiro atoms. The van der Waals surface area contributed by atoms with Crippen molar-refractivity contribution in [1.29, 1.82) is 0 Å². The highest BCUT2D eigenvalue weighted by atomic mass is 32.5. The Morgan fingerprint density at radius 1 is 1.19 bits per heavy atom. The van der Waals surface area contributed by atoms with Crippen molar-refractivity contribution >= 4 is 53.2 Å². The zero-order valence-corrected chi connectivity index (χ0v) is 25.7. The van der Waals surface area contributed by atoms with Crippen LogP contribution in [0.2, 0.25) is 18.1 Å². The number of ether oxygens (including phenoxy) is 1. The van der Waals surface area contributed by atoms with Gasteiger partial charge in [-0.05, 0) is 48.7 Å². The van der Waals surface area contributed by atoms with Crippen LogP contribution in [0.15, 0.2) is 15.8 Å². The van der Waals surface area contributed by atoms with E-state index in [1.54, 1.807) is 0 Å². The molecule has 1 aromatic rings. The van der Waals surface area contributed by atoms with Gasteiger partial charge in [-0.25, -0.2) is 18.0 Å². The predicted octanol–water partition coefficient (Wildman–Crippen LogP) is 2.10. The Morgan fingerprint density at radius 3 is 2.31 bits per heavy atom. The molecule has 208 valence electrons. The number of aromatic amines is 1. The van der Waals surface area contributed by atoms with Crippen LogP contribution in [0.5, 0.6) is 0 Å². The van der Waals surface area contributed by atoms with Crippen LogP contribution in [-0.2, 0) is 50.5 Å². The summed E-state index contributed by atoms with van der Waals surface area (Å²) in [6.07, 6.45) is -1.77. The van der Waals surface area contributed by atoms with Crippen molar-refractivity contribution in [1.82, 2.24) is 9.55 Å². The zero-order valence-electron chi connectivity index (χ0n) is 20.4. The van der Waals surface area contributed by atoms with E-state index in [1.165, 1.54) is 13.1 Å². The standard InChI is InChI=1S/C16H31N2O12P3S2Si/c1-10-8-18(15(20)17-14(10)19)13-7-11(12(27-13)9-26-36(5,6)16(2,3)4)28-33(25,35)30-31(21,22)29-32(23,24)34/h8,11-13H,7,9H2,1-6H3,(H,21,22)(H,25,35)(H,17,19,20)(H2,23,24,34)/t11-,12+,13+,33?/m0/s1. The van der Waals surface area contributed by atoms with Gasteiger partial charge in [0.1, 0.15) is 12.3 Å². The molecule has 0 saturated carbocycles. The lowest BCUT2D eigenvalue weighted by Crippen LogP contribution is -2.44. The van der Waals surface area contributed by atoms with Crippen molar-refractivity contribution in [3.63, 3.8) is 0 Å². The second-order valence-corrected chi connectivity index (χ2v) is 21.6. The number of rotatable bonds is 10. The fraction of sp³-hybridized carbons (Fsp3) is 0.750. The molecule has 1 aromatic heterocycles. The number of H-pyrrole nitrogens is 1. The number of nitrogens with zero attached hydrogens (tertiary/aromatic N) is 1. The Morgan fingerprint density at radius 2 is 1.78 bits per heavy atom. The highest BCUT2D eigenvalue weighted by Crippen LogP contribution is 2.67. The van der Waals surface area contributed by atoms with Crippen LogP contribution in [0, 0.1) is 6.92 Å². The molecule has 1 fully saturated rings. The van der Waals surface area contributed by atoms with Crippen molar-refractivity contribution in [3.05, 3.63) is 32.6 Å². The minimum Gasteiger partial charge on any atom is -0.414 e. The summed E-state index contributed by atoms with van der Waals surface area (Å²) in [4.78, 5) is 64.7. The summed E-state index contributed by atoms with van der Waals surface area (Å²) in [6.45, 7) is 2.34. The van der Waals surface area contributed by atoms with Crippen molar-refractivity contribution in [2.75, 3.05) is 6.61 Å². The molecule has 0 aromatic carbocycles. The predicted molar refractivity (Wildman–Crippen MR) is 140 cm³/mol. The molecule has 2 rings (SSSR count). The lowest BCUT2D eigenvalue weighted by molar-refractivity contribution is -0.0408. The highest BCUT2D eigenvalue weighted by molar-refractivity contribution is 8.10. The molecular formula is C16H31N2O12P3S2Si. The Hall–Kier alpha value is 0.0669. The van der Waals surface area contributed by atoms with Crippen LogP contribution >= 0.6 is 21.3 Å². The van der Waals surface area contributed by atoms with Crippen LogP contribution in [0.25, 0.3) is 0 Å². The Bertz CT molecular complexity index is 1230. The van der Waals surface area contributed by atoms with Gasteiger partial charge in [0.05, 0.1) is 12.7 Å². The van der Waals surface area contributed by atoms with E-state index < -0.39 is 59.3 Å². The minimum atomic E-state index is -5.31. The van der Waals surface area contributed by atoms with E-state index in [9.17, 15) is 23.9 Å². The van der Waals surface area contributed by atoms with Gasteiger partial charge >= 0.3 is 26.9 Å². The molecule has 5 atom stereocenters. The van der Waals surface area contributed by atoms with Crippen LogP contribution in [0.4, 0.5) is 0 Å². The smallest absolute Gasteiger partial charge is 0.414 e. The van der Waals surface area contributed by atoms with E-state index >= 15 is 0 Å². The molecule has 5 N–H and O–H groups in total. The summed E-state index contributed by atoms with van der Waals surface area (Å²) in [7, 11) is -7.60. The first-order valence-electron chi connectivity index (χ1n) is 10.5. The van der Waals surface area contributed by atoms with E-state index in [-0.39, 0.29) is 23.6 Å². The van der Waals surface area contributed by atoms with Gasteiger partial charge < -0.3 is 33.3 Å². The van der Waals surface area contributed by atoms with E-state index in [0.717, 1.165) is 4.57 Å². The SMILES string of the molecule is Cc1cn([C@H]2C[C@H](OP(O)(=S)OP(=O)(O)OP(O)(O)=S)[C@@H](CO[Si](C)(C)C(C)(C)C)O2)c(=O)[nH]c1=O. The highest BCUT2D eigenvalue weighted by Gasteiger charge is 2.45. The molecule has 1 saturated heterocycles. The summed E-state index contributed by atoms with van der Waals surface area (Å²) >= 11 is 8.97. The van der Waals surface area contributed by atoms with Crippen molar-refractivity contribution < 1.29 is 46.4 Å². The van der Waals surface area contributed by atoms with Crippen LogP contribution in [-0.4, -0.2) is 56.3 Å². The van der Waals surface area contributed by atoms with E-state index in [4.69, 9.17) is 35.3 Å². The van der Waals surface area contributed by atoms with Gasteiger partial charge in [-0.3, -0.25) is 14.3 Å². The maximum Gasteiger partial charge on any atom is 0.486 e. The quantitative estimate of drug-likeness (QED) is 0.186. The number of aromatic nitrogens is 2. The van der Waals surface area contributed by atoms with Crippen LogP contribution < -0.4 is 11.2 Å². The molecule has 0 radical (unpaired) electrons. The number of hydrogen-bond donors (Lipinski definition) is 5. The molecule has 1 aliphatic heterocycles. The fourth-order valence-electron chi connectivity index (χ4n) is 2.91. The number of hydrogen-bond acceptors (Lipinski definition) is 10. The van der Waals surface area contributed by atoms with Crippen molar-refractivity contribution in [3.8, 4) is 0 Å². The first kappa shape index (κ1) is 32.3. The molecule has 0 aliphatic carbocycles. The summed E-state index contributed by atoms with van der Waals surface area (Å²) in [5.41, 5.74) is -1.06. The summed E-state index contributed by atoms with van der Waals surface area (Å²) in [5.74, 6) is 0. The average Bonchev–Trinajstić information content (AvgIpc) is 3.00. The van der Waals surface area contributed by atoms with E-state index in [2.05, 4.69) is 25.4 Å².